The summed E-state index contributed by atoms with van der Waals surface area (Å²) in [7, 11) is 2.89. The molecule has 3 rings (SSSR count). The molecule has 0 bridgehead atoms. The van der Waals surface area contributed by atoms with Crippen LogP contribution in [0.2, 0.25) is 0 Å². The van der Waals surface area contributed by atoms with Gasteiger partial charge in [-0.2, -0.15) is 0 Å². The smallest absolute Gasteiger partial charge is 0.338 e. The maximum atomic E-state index is 12.2. The second-order valence-corrected chi connectivity index (χ2v) is 5.73. The van der Waals surface area contributed by atoms with E-state index in [2.05, 4.69) is 0 Å². The number of methoxy groups -OCH3 is 2. The van der Waals surface area contributed by atoms with Crippen molar-refractivity contribution in [3.8, 4) is 28.7 Å². The monoisotopic (exact) mass is 388 g/mol. The van der Waals surface area contributed by atoms with Gasteiger partial charge < -0.3 is 33.9 Å². The van der Waals surface area contributed by atoms with Crippen LogP contribution in [0.1, 0.15) is 15.9 Å². The summed E-state index contributed by atoms with van der Waals surface area (Å²) in [6.07, 6.45) is 0. The molecule has 2 aromatic carbocycles. The lowest BCUT2D eigenvalue weighted by molar-refractivity contribution is 0.0473. The molecule has 0 fully saturated rings. The number of fused-ring (bicyclic) bond motifs is 1. The van der Waals surface area contributed by atoms with Gasteiger partial charge in [0.1, 0.15) is 12.2 Å². The van der Waals surface area contributed by atoms with E-state index in [1.165, 1.54) is 26.4 Å². The molecule has 0 aliphatic heterocycles. The normalized spacial score (nSPS) is 10.6. The van der Waals surface area contributed by atoms with E-state index >= 15 is 0 Å². The summed E-state index contributed by atoms with van der Waals surface area (Å²) in [5.41, 5.74) is -0.256. The Kier molecular flexibility index (Phi) is 4.99. The Hall–Kier alpha value is -3.88. The van der Waals surface area contributed by atoms with Gasteiger partial charge in [-0.25, -0.2) is 9.59 Å². The molecule has 0 unspecified atom stereocenters. The first-order valence-electron chi connectivity index (χ1n) is 7.95. The van der Waals surface area contributed by atoms with Crippen LogP contribution < -0.4 is 15.1 Å². The van der Waals surface area contributed by atoms with Gasteiger partial charge >= 0.3 is 11.6 Å². The number of esters is 1. The minimum atomic E-state index is -0.882. The van der Waals surface area contributed by atoms with Crippen LogP contribution in [0.5, 0.6) is 28.7 Å². The molecule has 0 spiro atoms. The summed E-state index contributed by atoms with van der Waals surface area (Å²) in [4.78, 5) is 24.0. The second kappa shape index (κ2) is 7.39. The van der Waals surface area contributed by atoms with E-state index in [0.29, 0.717) is 22.4 Å². The van der Waals surface area contributed by atoms with E-state index in [9.17, 15) is 24.9 Å². The number of carbonyl (C=O) groups excluding carboxylic acids is 1. The predicted molar refractivity (Wildman–Crippen MR) is 96.1 cm³/mol. The molecule has 9 nitrogen and oxygen atoms in total. The van der Waals surface area contributed by atoms with Gasteiger partial charge in [0.05, 0.1) is 19.8 Å². The van der Waals surface area contributed by atoms with E-state index in [-0.39, 0.29) is 17.8 Å². The highest BCUT2D eigenvalue weighted by Gasteiger charge is 2.17. The highest BCUT2D eigenvalue weighted by Crippen LogP contribution is 2.36. The Morgan fingerprint density at radius 3 is 2.18 bits per heavy atom. The summed E-state index contributed by atoms with van der Waals surface area (Å²) in [6, 6.07) is 6.13. The van der Waals surface area contributed by atoms with Crippen molar-refractivity contribution in [3.63, 3.8) is 0 Å². The molecule has 9 heteroatoms. The first kappa shape index (κ1) is 18.9. The van der Waals surface area contributed by atoms with E-state index in [1.807, 2.05) is 0 Å². The molecule has 146 valence electrons. The third kappa shape index (κ3) is 3.50. The first-order chi connectivity index (χ1) is 13.3. The fourth-order valence-electron chi connectivity index (χ4n) is 2.62. The maximum Gasteiger partial charge on any atom is 0.338 e. The van der Waals surface area contributed by atoms with Gasteiger partial charge in [0.2, 0.25) is 0 Å². The van der Waals surface area contributed by atoms with Gasteiger partial charge in [0.15, 0.2) is 28.7 Å². The number of rotatable bonds is 5. The Balaban J connectivity index is 1.94. The molecule has 1 aromatic heterocycles. The zero-order valence-corrected chi connectivity index (χ0v) is 14.9. The molecule has 0 saturated carbocycles. The zero-order chi connectivity index (χ0) is 20.4. The molecule has 0 amide bonds. The van der Waals surface area contributed by atoms with Crippen LogP contribution in [0.3, 0.4) is 0 Å². The van der Waals surface area contributed by atoms with Crippen LogP contribution in [0, 0.1) is 0 Å². The number of aromatic hydroxyl groups is 3. The summed E-state index contributed by atoms with van der Waals surface area (Å²) in [6.45, 7) is -0.293. The van der Waals surface area contributed by atoms with Crippen molar-refractivity contribution in [1.82, 2.24) is 0 Å². The second-order valence-electron chi connectivity index (χ2n) is 5.73. The van der Waals surface area contributed by atoms with Gasteiger partial charge in [-0.15, -0.1) is 0 Å². The molecule has 3 N–H and O–H groups in total. The number of phenols is 3. The highest BCUT2D eigenvalue weighted by molar-refractivity contribution is 5.91. The average Bonchev–Trinajstić information content (AvgIpc) is 2.68. The summed E-state index contributed by atoms with van der Waals surface area (Å²) >= 11 is 0. The molecule has 0 aliphatic rings. The number of benzene rings is 2. The predicted octanol–water partition coefficient (Wildman–Crippen LogP) is 2.28. The van der Waals surface area contributed by atoms with Crippen molar-refractivity contribution in [3.05, 3.63) is 51.9 Å². The van der Waals surface area contributed by atoms with Crippen LogP contribution in [-0.2, 0) is 11.3 Å². The summed E-state index contributed by atoms with van der Waals surface area (Å²) in [5, 5.41) is 28.8. The average molecular weight is 388 g/mol. The molecule has 0 aliphatic carbocycles. The number of carbonyl (C=O) groups is 1. The van der Waals surface area contributed by atoms with Gasteiger partial charge in [-0.1, -0.05) is 0 Å². The molecule has 3 aromatic rings. The number of hydrogen-bond donors (Lipinski definition) is 3. The number of ether oxygens (including phenoxy) is 3. The number of phenolic OH excluding ortho intramolecular Hbond substituents is 3. The van der Waals surface area contributed by atoms with Gasteiger partial charge in [-0.3, -0.25) is 0 Å². The van der Waals surface area contributed by atoms with Gasteiger partial charge in [0, 0.05) is 23.1 Å². The topological polar surface area (TPSA) is 136 Å². The van der Waals surface area contributed by atoms with E-state index in [1.54, 1.807) is 6.07 Å². The van der Waals surface area contributed by atoms with Gasteiger partial charge in [-0.05, 0) is 18.2 Å². The van der Waals surface area contributed by atoms with E-state index in [0.717, 1.165) is 12.1 Å². The molecule has 0 atom stereocenters. The fraction of sp³-hybridized carbons (Fsp3) is 0.158. The number of hydrogen-bond acceptors (Lipinski definition) is 9. The molecule has 28 heavy (non-hydrogen) atoms. The minimum Gasteiger partial charge on any atom is -0.504 e. The van der Waals surface area contributed by atoms with Crippen molar-refractivity contribution in [1.29, 1.82) is 0 Å². The summed E-state index contributed by atoms with van der Waals surface area (Å²) < 4.78 is 20.7. The lowest BCUT2D eigenvalue weighted by Gasteiger charge is -2.11. The maximum absolute atomic E-state index is 12.2. The van der Waals surface area contributed by atoms with Crippen LogP contribution >= 0.6 is 0 Å². The minimum absolute atomic E-state index is 0.181. The van der Waals surface area contributed by atoms with Crippen molar-refractivity contribution in [2.45, 2.75) is 6.61 Å². The van der Waals surface area contributed by atoms with Crippen molar-refractivity contribution in [2.24, 2.45) is 0 Å². The molecule has 1 heterocycles. The molecule has 0 saturated heterocycles. The Morgan fingerprint density at radius 1 is 0.964 bits per heavy atom. The van der Waals surface area contributed by atoms with E-state index in [4.69, 9.17) is 18.6 Å². The summed E-state index contributed by atoms with van der Waals surface area (Å²) in [5.74, 6) is -2.21. The Bertz CT molecular complexity index is 1090. The largest absolute Gasteiger partial charge is 0.504 e. The lowest BCUT2D eigenvalue weighted by atomic mass is 10.1. The third-order valence-electron chi connectivity index (χ3n) is 4.00. The molecular formula is C19H16O9. The van der Waals surface area contributed by atoms with Crippen molar-refractivity contribution >= 4 is 16.9 Å². The van der Waals surface area contributed by atoms with Gasteiger partial charge in [0.25, 0.3) is 0 Å². The Labute approximate surface area is 157 Å². The van der Waals surface area contributed by atoms with Crippen molar-refractivity contribution in [2.75, 3.05) is 14.2 Å². The fourth-order valence-corrected chi connectivity index (χ4v) is 2.62. The lowest BCUT2D eigenvalue weighted by Crippen LogP contribution is -2.08. The first-order valence-corrected chi connectivity index (χ1v) is 7.95. The van der Waals surface area contributed by atoms with E-state index < -0.39 is 28.8 Å². The van der Waals surface area contributed by atoms with Crippen molar-refractivity contribution < 1.29 is 38.7 Å². The quantitative estimate of drug-likeness (QED) is 0.342. The third-order valence-corrected chi connectivity index (χ3v) is 4.00. The standard InChI is InChI=1S/C19H16O9/c1-25-15-6-11-10(5-17(22)28-14(11)7-16(15)26-2)8-27-19(24)9-3-12(20)18(23)13(21)4-9/h3-7,20-21,23H,8H2,1-2H3. The SMILES string of the molecule is COc1cc2oc(=O)cc(COC(=O)c3cc(O)c(O)c(O)c3)c2cc1OC. The van der Waals surface area contributed by atoms with Crippen LogP contribution in [-0.4, -0.2) is 35.5 Å². The molecular weight excluding hydrogens is 372 g/mol. The molecule has 0 radical (unpaired) electrons. The highest BCUT2D eigenvalue weighted by atomic mass is 16.5. The zero-order valence-electron chi connectivity index (χ0n) is 14.9. The van der Waals surface area contributed by atoms with Crippen LogP contribution in [0.15, 0.2) is 39.5 Å². The van der Waals surface area contributed by atoms with Crippen LogP contribution in [0.25, 0.3) is 11.0 Å². The van der Waals surface area contributed by atoms with Crippen LogP contribution in [0.4, 0.5) is 0 Å². The Morgan fingerprint density at radius 2 is 1.57 bits per heavy atom.